The van der Waals surface area contributed by atoms with Crippen molar-refractivity contribution in [2.75, 3.05) is 65.8 Å². The molecule has 0 amide bonds. The van der Waals surface area contributed by atoms with Crippen molar-refractivity contribution in [3.05, 3.63) is 223 Å². The van der Waals surface area contributed by atoms with Crippen LogP contribution in [0, 0.1) is 6.92 Å². The third-order valence-electron chi connectivity index (χ3n) is 15.1. The summed E-state index contributed by atoms with van der Waals surface area (Å²) in [6.07, 6.45) is 2.56. The molecule has 0 unspecified atom stereocenters. The number of nitrogens with one attached hydrogen (secondary N) is 1. The molecule has 1 fully saturated rings. The summed E-state index contributed by atoms with van der Waals surface area (Å²) in [7, 11) is -11.9. The van der Waals surface area contributed by atoms with Crippen LogP contribution in [-0.2, 0) is 51.8 Å². The summed E-state index contributed by atoms with van der Waals surface area (Å²) in [5.74, 6) is 0.991. The normalized spacial score (nSPS) is 12.5. The number of nitrogens with zero attached hydrogens (tertiary/aromatic N) is 5. The van der Waals surface area contributed by atoms with Crippen molar-refractivity contribution in [3.8, 4) is 11.5 Å². The molecule has 16 nitrogen and oxygen atoms in total. The lowest BCUT2D eigenvalue weighted by atomic mass is 10.1. The lowest BCUT2D eigenvalue weighted by molar-refractivity contribution is 0.198. The molecule has 470 valence electrons. The van der Waals surface area contributed by atoms with Gasteiger partial charge in [0.1, 0.15) is 31.3 Å². The van der Waals surface area contributed by atoms with Crippen LogP contribution in [-0.4, -0.2) is 115 Å². The average Bonchev–Trinajstić information content (AvgIpc) is 1.54. The fourth-order valence-electron chi connectivity index (χ4n) is 10.3. The molecular weight excluding hydrogens is 1190 g/mol. The standard InChI is InChI=1S/C33H28N2O6S2.C30H31N3O3S.C4H11N.C4H8O/c1-24-14-17-28(18-15-24)43(38,39)41-21-20-40-27-16-19-31-30(22-27)33(34-35(31)23-25-8-3-2-4-9-25)42(36,37)32-13-7-11-26-10-5-6-12-29(26)32;1-3-32(4-2)19-20-36-25-17-18-28-27(21-25)30(31-33(28)22-23-11-6-5-7-12-23)37(34,35)29-16-10-14-24-13-8-9-15-26(24)29;1-3-5-4-2;1-2-4-5-3-1/h2-19,22H,20-21,23H2,1H3;5-18,21H,3-4,19-20,22H2,1-2H3;5H,3-4H2,1-2H3;1-4H2. The molecule has 0 aliphatic carbocycles. The van der Waals surface area contributed by atoms with Crippen molar-refractivity contribution in [1.82, 2.24) is 29.8 Å². The Balaban J connectivity index is 0.000000186. The van der Waals surface area contributed by atoms with Crippen molar-refractivity contribution >= 4 is 73.1 Å². The molecule has 3 heterocycles. The molecule has 90 heavy (non-hydrogen) atoms. The van der Waals surface area contributed by atoms with E-state index in [1.54, 1.807) is 76.1 Å². The second kappa shape index (κ2) is 31.5. The van der Waals surface area contributed by atoms with Crippen LogP contribution in [0.3, 0.4) is 0 Å². The van der Waals surface area contributed by atoms with E-state index in [9.17, 15) is 25.3 Å². The number of likely N-dealkylation sites (N-methyl/N-ethyl adjacent to an activating group) is 1. The monoisotopic (exact) mass is 1270 g/mol. The van der Waals surface area contributed by atoms with Crippen LogP contribution in [0.1, 0.15) is 57.2 Å². The molecular formula is C71H78N6O10S3. The van der Waals surface area contributed by atoms with Crippen LogP contribution in [0.5, 0.6) is 11.5 Å². The lowest BCUT2D eigenvalue weighted by Gasteiger charge is -2.18. The molecule has 1 saturated heterocycles. The van der Waals surface area contributed by atoms with Gasteiger partial charge in [-0.1, -0.05) is 179 Å². The van der Waals surface area contributed by atoms with Gasteiger partial charge < -0.3 is 24.4 Å². The van der Waals surface area contributed by atoms with Gasteiger partial charge in [0.2, 0.25) is 19.7 Å². The zero-order valence-electron chi connectivity index (χ0n) is 51.6. The first kappa shape index (κ1) is 66.2. The van der Waals surface area contributed by atoms with Crippen LogP contribution in [0.2, 0.25) is 0 Å². The predicted molar refractivity (Wildman–Crippen MR) is 357 cm³/mol. The number of ether oxygens (including phenoxy) is 3. The van der Waals surface area contributed by atoms with Gasteiger partial charge in [-0.25, -0.2) is 16.8 Å². The number of sulfone groups is 2. The number of fused-ring (bicyclic) bond motifs is 4. The Hall–Kier alpha value is -8.27. The molecule has 11 aromatic rings. The van der Waals surface area contributed by atoms with Crippen LogP contribution < -0.4 is 14.8 Å². The van der Waals surface area contributed by atoms with Gasteiger partial charge in [-0.15, -0.1) is 0 Å². The predicted octanol–water partition coefficient (Wildman–Crippen LogP) is 13.4. The molecule has 19 heteroatoms. The van der Waals surface area contributed by atoms with E-state index in [1.807, 2.05) is 134 Å². The largest absolute Gasteiger partial charge is 0.492 e. The maximum absolute atomic E-state index is 14.2. The Morgan fingerprint density at radius 1 is 0.489 bits per heavy atom. The van der Waals surface area contributed by atoms with Gasteiger partial charge in [0.05, 0.1) is 38.8 Å². The molecule has 1 aliphatic rings. The van der Waals surface area contributed by atoms with E-state index in [4.69, 9.17) is 18.4 Å². The maximum atomic E-state index is 14.2. The minimum atomic E-state index is -4.05. The second-order valence-electron chi connectivity index (χ2n) is 21.3. The van der Waals surface area contributed by atoms with E-state index >= 15 is 0 Å². The summed E-state index contributed by atoms with van der Waals surface area (Å²) in [6.45, 7) is 18.3. The Kier molecular flexibility index (Phi) is 23.1. The molecule has 0 saturated carbocycles. The van der Waals surface area contributed by atoms with Gasteiger partial charge in [0.15, 0.2) is 10.1 Å². The smallest absolute Gasteiger partial charge is 0.297 e. The van der Waals surface area contributed by atoms with E-state index in [0.29, 0.717) is 58.3 Å². The lowest BCUT2D eigenvalue weighted by Crippen LogP contribution is -2.27. The highest BCUT2D eigenvalue weighted by Gasteiger charge is 2.30. The Morgan fingerprint density at radius 2 is 0.933 bits per heavy atom. The SMILES string of the molecule is C1CCOC1.CCN(CC)CCOc1ccc2c(c1)c(S(=O)(=O)c1cccc3ccccc13)nn2Cc1ccccc1.CCNCC.Cc1ccc(S(=O)(=O)OCCOc2ccc3c(c2)c(S(=O)(=O)c2cccc4ccccc24)nn3Cc2ccccc2)cc1. The van der Waals surface area contributed by atoms with Crippen molar-refractivity contribution < 1.29 is 43.6 Å². The van der Waals surface area contributed by atoms with Crippen molar-refractivity contribution in [2.24, 2.45) is 0 Å². The van der Waals surface area contributed by atoms with E-state index in [0.717, 1.165) is 78.9 Å². The quantitative estimate of drug-likeness (QED) is 0.0498. The molecule has 0 spiro atoms. The zero-order valence-corrected chi connectivity index (χ0v) is 54.0. The van der Waals surface area contributed by atoms with Crippen LogP contribution in [0.4, 0.5) is 0 Å². The highest BCUT2D eigenvalue weighted by atomic mass is 32.2. The Morgan fingerprint density at radius 3 is 1.37 bits per heavy atom. The molecule has 12 rings (SSSR count). The van der Waals surface area contributed by atoms with Crippen LogP contribution in [0.25, 0.3) is 43.4 Å². The third kappa shape index (κ3) is 16.6. The minimum Gasteiger partial charge on any atom is -0.492 e. The first-order chi connectivity index (χ1) is 43.6. The van der Waals surface area contributed by atoms with Gasteiger partial charge in [0.25, 0.3) is 10.1 Å². The van der Waals surface area contributed by atoms with Gasteiger partial charge in [-0.2, -0.15) is 18.6 Å². The molecule has 9 aromatic carbocycles. The fourth-order valence-corrected chi connectivity index (χ4v) is 14.4. The Labute approximate surface area is 529 Å². The van der Waals surface area contributed by atoms with Crippen LogP contribution in [0.15, 0.2) is 231 Å². The molecule has 1 aliphatic heterocycles. The van der Waals surface area contributed by atoms with Crippen molar-refractivity contribution in [3.63, 3.8) is 0 Å². The summed E-state index contributed by atoms with van der Waals surface area (Å²) in [5, 5.41) is 16.3. The van der Waals surface area contributed by atoms with E-state index in [2.05, 4.69) is 48.1 Å². The third-order valence-corrected chi connectivity index (χ3v) is 19.9. The molecule has 1 N–H and O–H groups in total. The molecule has 0 bridgehead atoms. The van der Waals surface area contributed by atoms with Gasteiger partial charge in [0, 0.05) is 41.3 Å². The van der Waals surface area contributed by atoms with Gasteiger partial charge in [-0.05, 0) is 129 Å². The fraction of sp³-hybridized carbons (Fsp3) is 0.268. The van der Waals surface area contributed by atoms with Crippen LogP contribution >= 0.6 is 0 Å². The summed E-state index contributed by atoms with van der Waals surface area (Å²) >= 11 is 0. The summed E-state index contributed by atoms with van der Waals surface area (Å²) < 4.78 is 107. The van der Waals surface area contributed by atoms with E-state index in [-0.39, 0.29) is 38.0 Å². The summed E-state index contributed by atoms with van der Waals surface area (Å²) in [6, 6.07) is 62.0. The van der Waals surface area contributed by atoms with Crippen molar-refractivity contribution in [2.45, 2.75) is 85.3 Å². The number of rotatable bonds is 22. The number of benzene rings is 9. The maximum Gasteiger partial charge on any atom is 0.297 e. The average molecular weight is 1270 g/mol. The van der Waals surface area contributed by atoms with Gasteiger partial charge in [-0.3, -0.25) is 13.5 Å². The number of hydrogen-bond donors (Lipinski definition) is 1. The molecule has 2 aromatic heterocycles. The molecule has 0 atom stereocenters. The summed E-state index contributed by atoms with van der Waals surface area (Å²) in [5.41, 5.74) is 4.31. The molecule has 0 radical (unpaired) electrons. The Bertz CT molecular complexity index is 4460. The summed E-state index contributed by atoms with van der Waals surface area (Å²) in [4.78, 5) is 2.77. The highest BCUT2D eigenvalue weighted by molar-refractivity contribution is 7.92. The number of aromatic nitrogens is 4. The number of aryl methyl sites for hydroxylation is 1. The van der Waals surface area contributed by atoms with Gasteiger partial charge >= 0.3 is 0 Å². The van der Waals surface area contributed by atoms with Crippen molar-refractivity contribution in [1.29, 1.82) is 0 Å². The zero-order chi connectivity index (χ0) is 63.5. The van der Waals surface area contributed by atoms with E-state index in [1.165, 1.54) is 25.0 Å². The van der Waals surface area contributed by atoms with E-state index < -0.39 is 29.8 Å². The topological polar surface area (TPSA) is 190 Å². The highest BCUT2D eigenvalue weighted by Crippen LogP contribution is 2.36. The minimum absolute atomic E-state index is 0.0453. The first-order valence-electron chi connectivity index (χ1n) is 30.4. The first-order valence-corrected chi connectivity index (χ1v) is 34.8. The number of hydrogen-bond acceptors (Lipinski definition) is 14. The second-order valence-corrected chi connectivity index (χ2v) is 26.6.